The molecule has 1 aromatic rings. The summed E-state index contributed by atoms with van der Waals surface area (Å²) in [6, 6.07) is 3.27. The van der Waals surface area contributed by atoms with Gasteiger partial charge >= 0.3 is 0 Å². The standard InChI is InChI=1S/C15H22Cl3NO/c1-10(6-5-7-19-15(2,3)4)20-14-9-12(17)11(16)8-13(14)18/h8-10,19H,5-7H2,1-4H3. The van der Waals surface area contributed by atoms with Crippen LogP contribution in [0.4, 0.5) is 0 Å². The predicted octanol–water partition coefficient (Wildman–Crippen LogP) is 5.58. The fraction of sp³-hybridized carbons (Fsp3) is 0.600. The number of hydrogen-bond donors (Lipinski definition) is 1. The fourth-order valence-electron chi connectivity index (χ4n) is 1.72. The average molecular weight is 339 g/mol. The molecule has 0 bridgehead atoms. The first kappa shape index (κ1) is 17.9. The van der Waals surface area contributed by atoms with Gasteiger partial charge in [0.05, 0.1) is 21.2 Å². The molecule has 0 saturated heterocycles. The maximum Gasteiger partial charge on any atom is 0.139 e. The highest BCUT2D eigenvalue weighted by atomic mass is 35.5. The van der Waals surface area contributed by atoms with Gasteiger partial charge in [0.2, 0.25) is 0 Å². The minimum absolute atomic E-state index is 0.0755. The number of halogens is 3. The van der Waals surface area contributed by atoms with E-state index >= 15 is 0 Å². The molecule has 0 aliphatic carbocycles. The van der Waals surface area contributed by atoms with Crippen LogP contribution in [0.2, 0.25) is 15.1 Å². The highest BCUT2D eigenvalue weighted by molar-refractivity contribution is 6.43. The lowest BCUT2D eigenvalue weighted by Gasteiger charge is -2.21. The molecule has 0 fully saturated rings. The van der Waals surface area contributed by atoms with Crippen molar-refractivity contribution in [2.75, 3.05) is 6.54 Å². The summed E-state index contributed by atoms with van der Waals surface area (Å²) in [6.45, 7) is 9.45. The van der Waals surface area contributed by atoms with Crippen LogP contribution in [-0.4, -0.2) is 18.2 Å². The van der Waals surface area contributed by atoms with E-state index in [0.29, 0.717) is 20.8 Å². The molecule has 1 unspecified atom stereocenters. The minimum Gasteiger partial charge on any atom is -0.489 e. The van der Waals surface area contributed by atoms with E-state index in [9.17, 15) is 0 Å². The molecule has 1 rings (SSSR count). The Balaban J connectivity index is 2.43. The molecule has 0 radical (unpaired) electrons. The molecule has 1 N–H and O–H groups in total. The van der Waals surface area contributed by atoms with Crippen molar-refractivity contribution >= 4 is 34.8 Å². The minimum atomic E-state index is 0.0755. The number of hydrogen-bond acceptors (Lipinski definition) is 2. The highest BCUT2D eigenvalue weighted by Gasteiger charge is 2.12. The average Bonchev–Trinajstić information content (AvgIpc) is 2.30. The van der Waals surface area contributed by atoms with E-state index in [0.717, 1.165) is 19.4 Å². The summed E-state index contributed by atoms with van der Waals surface area (Å²) in [5, 5.41) is 4.82. The third kappa shape index (κ3) is 6.53. The molecule has 114 valence electrons. The predicted molar refractivity (Wildman–Crippen MR) is 88.6 cm³/mol. The van der Waals surface area contributed by atoms with Crippen molar-refractivity contribution in [2.24, 2.45) is 0 Å². The molecule has 0 aromatic heterocycles. The van der Waals surface area contributed by atoms with E-state index in [-0.39, 0.29) is 11.6 Å². The summed E-state index contributed by atoms with van der Waals surface area (Å²) < 4.78 is 5.81. The molecule has 0 heterocycles. The van der Waals surface area contributed by atoms with E-state index in [1.165, 1.54) is 0 Å². The van der Waals surface area contributed by atoms with Crippen molar-refractivity contribution in [3.8, 4) is 5.75 Å². The topological polar surface area (TPSA) is 21.3 Å². The monoisotopic (exact) mass is 337 g/mol. The second-order valence-electron chi connectivity index (χ2n) is 5.94. The van der Waals surface area contributed by atoms with Gasteiger partial charge in [-0.25, -0.2) is 0 Å². The third-order valence-corrected chi connectivity index (χ3v) is 3.76. The number of rotatable bonds is 6. The zero-order chi connectivity index (χ0) is 15.3. The molecule has 1 atom stereocenters. The smallest absolute Gasteiger partial charge is 0.139 e. The summed E-state index contributed by atoms with van der Waals surface area (Å²) in [5.41, 5.74) is 0.150. The highest BCUT2D eigenvalue weighted by Crippen LogP contribution is 2.34. The normalized spacial score (nSPS) is 13.3. The summed E-state index contributed by atoms with van der Waals surface area (Å²) >= 11 is 17.9. The zero-order valence-electron chi connectivity index (χ0n) is 12.4. The van der Waals surface area contributed by atoms with Crippen LogP contribution >= 0.6 is 34.8 Å². The van der Waals surface area contributed by atoms with Gasteiger partial charge in [0.25, 0.3) is 0 Å². The van der Waals surface area contributed by atoms with E-state index in [4.69, 9.17) is 39.5 Å². The van der Waals surface area contributed by atoms with Gasteiger partial charge in [0, 0.05) is 11.6 Å². The molecule has 0 saturated carbocycles. The van der Waals surface area contributed by atoms with Crippen LogP contribution in [0.3, 0.4) is 0 Å². The number of benzene rings is 1. The van der Waals surface area contributed by atoms with Gasteiger partial charge in [0.15, 0.2) is 0 Å². The molecule has 0 aliphatic rings. The van der Waals surface area contributed by atoms with Gasteiger partial charge in [-0.15, -0.1) is 0 Å². The summed E-state index contributed by atoms with van der Waals surface area (Å²) in [7, 11) is 0. The van der Waals surface area contributed by atoms with Crippen LogP contribution in [0.15, 0.2) is 12.1 Å². The van der Waals surface area contributed by atoms with Gasteiger partial charge in [-0.2, -0.15) is 0 Å². The maximum absolute atomic E-state index is 6.09. The van der Waals surface area contributed by atoms with Crippen LogP contribution in [-0.2, 0) is 0 Å². The van der Waals surface area contributed by atoms with Gasteiger partial charge in [-0.05, 0) is 53.1 Å². The van der Waals surface area contributed by atoms with Crippen LogP contribution in [0.5, 0.6) is 5.75 Å². The Morgan fingerprint density at radius 3 is 2.30 bits per heavy atom. The van der Waals surface area contributed by atoms with Crippen LogP contribution in [0.25, 0.3) is 0 Å². The number of ether oxygens (including phenoxy) is 1. The Morgan fingerprint density at radius 2 is 1.70 bits per heavy atom. The Labute approximate surface area is 136 Å². The summed E-state index contributed by atoms with van der Waals surface area (Å²) in [4.78, 5) is 0. The van der Waals surface area contributed by atoms with Crippen LogP contribution in [0, 0.1) is 0 Å². The molecule has 0 spiro atoms. The second-order valence-corrected chi connectivity index (χ2v) is 7.17. The van der Waals surface area contributed by atoms with E-state index in [2.05, 4.69) is 26.1 Å². The largest absolute Gasteiger partial charge is 0.489 e. The Morgan fingerprint density at radius 1 is 1.10 bits per heavy atom. The first-order valence-electron chi connectivity index (χ1n) is 6.75. The quantitative estimate of drug-likeness (QED) is 0.540. The first-order valence-corrected chi connectivity index (χ1v) is 7.88. The fourth-order valence-corrected chi connectivity index (χ4v) is 2.30. The van der Waals surface area contributed by atoms with Crippen LogP contribution in [0.1, 0.15) is 40.5 Å². The second kappa shape index (κ2) is 7.74. The molecule has 20 heavy (non-hydrogen) atoms. The van der Waals surface area contributed by atoms with Gasteiger partial charge in [-0.1, -0.05) is 34.8 Å². The Kier molecular flexibility index (Phi) is 6.93. The summed E-state index contributed by atoms with van der Waals surface area (Å²) in [6.07, 6.45) is 2.06. The lowest BCUT2D eigenvalue weighted by Crippen LogP contribution is -2.36. The van der Waals surface area contributed by atoms with E-state index in [1.54, 1.807) is 12.1 Å². The van der Waals surface area contributed by atoms with Gasteiger partial charge < -0.3 is 10.1 Å². The molecule has 0 aliphatic heterocycles. The third-order valence-electron chi connectivity index (χ3n) is 2.75. The van der Waals surface area contributed by atoms with Crippen molar-refractivity contribution in [3.63, 3.8) is 0 Å². The molecule has 5 heteroatoms. The van der Waals surface area contributed by atoms with Crippen molar-refractivity contribution in [2.45, 2.75) is 52.2 Å². The Hall–Kier alpha value is -0.150. The van der Waals surface area contributed by atoms with E-state index < -0.39 is 0 Å². The van der Waals surface area contributed by atoms with E-state index in [1.807, 2.05) is 6.92 Å². The summed E-state index contributed by atoms with van der Waals surface area (Å²) in [5.74, 6) is 0.581. The lowest BCUT2D eigenvalue weighted by molar-refractivity contribution is 0.206. The number of nitrogens with one attached hydrogen (secondary N) is 1. The Bertz CT molecular complexity index is 443. The van der Waals surface area contributed by atoms with Gasteiger partial charge in [-0.3, -0.25) is 0 Å². The van der Waals surface area contributed by atoms with Gasteiger partial charge in [0.1, 0.15) is 5.75 Å². The molecule has 1 aromatic carbocycles. The van der Waals surface area contributed by atoms with Crippen molar-refractivity contribution in [1.29, 1.82) is 0 Å². The van der Waals surface area contributed by atoms with Crippen molar-refractivity contribution in [3.05, 3.63) is 27.2 Å². The SMILES string of the molecule is CC(CCCNC(C)(C)C)Oc1cc(Cl)c(Cl)cc1Cl. The molecular formula is C15H22Cl3NO. The maximum atomic E-state index is 6.09. The van der Waals surface area contributed by atoms with Crippen LogP contribution < -0.4 is 10.1 Å². The molecule has 2 nitrogen and oxygen atoms in total. The molecular weight excluding hydrogens is 317 g/mol. The zero-order valence-corrected chi connectivity index (χ0v) is 14.7. The van der Waals surface area contributed by atoms with Crippen molar-refractivity contribution < 1.29 is 4.74 Å². The van der Waals surface area contributed by atoms with Crippen molar-refractivity contribution in [1.82, 2.24) is 5.32 Å². The molecule has 0 amide bonds. The lowest BCUT2D eigenvalue weighted by atomic mass is 10.1. The first-order chi connectivity index (χ1) is 9.19.